The number of amides is 1. The molecule has 4 nitrogen and oxygen atoms in total. The summed E-state index contributed by atoms with van der Waals surface area (Å²) in [6.07, 6.45) is 33.0. The Morgan fingerprint density at radius 2 is 1.17 bits per heavy atom. The van der Waals surface area contributed by atoms with Crippen LogP contribution in [0.2, 0.25) is 0 Å². The van der Waals surface area contributed by atoms with Crippen LogP contribution in [0.1, 0.15) is 58.3 Å². The Labute approximate surface area is 196 Å². The molecule has 0 unspecified atom stereocenters. The van der Waals surface area contributed by atoms with E-state index in [1.54, 1.807) is 22.6 Å². The Morgan fingerprint density at radius 3 is 1.60 bits per heavy atom. The van der Waals surface area contributed by atoms with E-state index < -0.39 is 0 Å². The smallest absolute Gasteiger partial charge is 0.367 e. The average Bonchev–Trinajstić information content (AvgIpc) is 2.72. The van der Waals surface area contributed by atoms with Gasteiger partial charge in [-0.2, -0.15) is 0 Å². The number of ether oxygens (including phenoxy) is 1. The van der Waals surface area contributed by atoms with Crippen LogP contribution in [0.3, 0.4) is 0 Å². The monoisotopic (exact) mass is 525 g/mol. The van der Waals surface area contributed by atoms with E-state index in [-0.39, 0.29) is 16.5 Å². The molecule has 0 heterocycles. The lowest BCUT2D eigenvalue weighted by Gasteiger charge is -2.03. The van der Waals surface area contributed by atoms with E-state index in [9.17, 15) is 9.59 Å². The van der Waals surface area contributed by atoms with Crippen LogP contribution in [0.25, 0.3) is 0 Å². The second-order valence-corrected chi connectivity index (χ2v) is 7.27. The second kappa shape index (κ2) is 23.4. The summed E-state index contributed by atoms with van der Waals surface area (Å²) < 4.78 is 4.37. The van der Waals surface area contributed by atoms with Crippen molar-refractivity contribution in [3.05, 3.63) is 72.9 Å². The van der Waals surface area contributed by atoms with Gasteiger partial charge in [0.1, 0.15) is 6.61 Å². The predicted octanol–water partition coefficient (Wildman–Crippen LogP) is 7.15. The molecule has 0 bridgehead atoms. The molecule has 0 atom stereocenters. The quantitative estimate of drug-likeness (QED) is 0.0950. The fourth-order valence-corrected chi connectivity index (χ4v) is 2.48. The van der Waals surface area contributed by atoms with Crippen LogP contribution in [0, 0.1) is 0 Å². The lowest BCUT2D eigenvalue weighted by atomic mass is 10.2. The zero-order chi connectivity index (χ0) is 22.1. The lowest BCUT2D eigenvalue weighted by Crippen LogP contribution is -2.27. The largest absolute Gasteiger partial charge is 0.456 e. The number of hydrogen-bond acceptors (Lipinski definition) is 3. The molecule has 0 saturated heterocycles. The Bertz CT molecular complexity index is 616. The van der Waals surface area contributed by atoms with Crippen LogP contribution < -0.4 is 5.32 Å². The molecule has 5 heteroatoms. The molecule has 0 rings (SSSR count). The first-order valence-electron chi connectivity index (χ1n) is 10.7. The van der Waals surface area contributed by atoms with Gasteiger partial charge in [-0.1, -0.05) is 79.8 Å². The van der Waals surface area contributed by atoms with E-state index >= 15 is 0 Å². The van der Waals surface area contributed by atoms with Crippen LogP contribution >= 0.6 is 22.6 Å². The Balaban J connectivity index is 3.56. The molecule has 0 aliphatic rings. The molecular formula is C25H36INO3. The van der Waals surface area contributed by atoms with Crippen LogP contribution in [-0.4, -0.2) is 23.0 Å². The maximum absolute atomic E-state index is 11.6. The van der Waals surface area contributed by atoms with Gasteiger partial charge in [0.15, 0.2) is 0 Å². The Morgan fingerprint density at radius 1 is 0.733 bits per heavy atom. The molecule has 1 amide bonds. The third kappa shape index (κ3) is 24.1. The summed E-state index contributed by atoms with van der Waals surface area (Å²) in [5.74, 6) is -0.0287. The predicted molar refractivity (Wildman–Crippen MR) is 136 cm³/mol. The molecule has 0 aromatic heterocycles. The molecule has 0 aliphatic heterocycles. The van der Waals surface area contributed by atoms with Crippen molar-refractivity contribution < 1.29 is 14.3 Å². The minimum Gasteiger partial charge on any atom is -0.456 e. The molecule has 0 radical (unpaired) electrons. The first-order valence-corrected chi connectivity index (χ1v) is 11.7. The molecule has 0 aromatic rings. The SMILES string of the molecule is CC/C=C\C/C=C\C/C=C\C/C=C\C/C=C\C/C=C\CCC(=O)NCCOC(=O)I. The molecule has 0 aliphatic carbocycles. The zero-order valence-corrected chi connectivity index (χ0v) is 20.3. The van der Waals surface area contributed by atoms with Crippen molar-refractivity contribution in [1.82, 2.24) is 5.32 Å². The van der Waals surface area contributed by atoms with Crippen LogP contribution in [0.15, 0.2) is 72.9 Å². The van der Waals surface area contributed by atoms with Crippen molar-refractivity contribution in [2.24, 2.45) is 0 Å². The van der Waals surface area contributed by atoms with Gasteiger partial charge in [-0.05, 0) is 44.9 Å². The topological polar surface area (TPSA) is 55.4 Å². The standard InChI is InChI=1S/C25H36INO3/c1-2-3-4-5-6-7-8-9-10-11-12-13-14-15-16-17-18-19-20-21-24(28)27-22-23-30-25(26)29/h3-4,6-7,9-10,12-13,15-16,18-19H,2,5,8,11,14,17,20-23H2,1H3,(H,27,28)/b4-3-,7-6-,10-9-,13-12-,16-15-,19-18-. The van der Waals surface area contributed by atoms with E-state index in [0.717, 1.165) is 38.5 Å². The molecule has 0 fully saturated rings. The number of carbonyl (C=O) groups is 2. The van der Waals surface area contributed by atoms with Gasteiger partial charge >= 0.3 is 3.98 Å². The van der Waals surface area contributed by atoms with E-state index in [1.165, 1.54) is 0 Å². The highest BCUT2D eigenvalue weighted by Gasteiger charge is 1.99. The number of nitrogens with one attached hydrogen (secondary N) is 1. The van der Waals surface area contributed by atoms with E-state index in [0.29, 0.717) is 19.4 Å². The molecule has 166 valence electrons. The Hall–Kier alpha value is -1.89. The molecule has 0 aromatic carbocycles. The van der Waals surface area contributed by atoms with Gasteiger partial charge in [0.2, 0.25) is 5.91 Å². The summed E-state index contributed by atoms with van der Waals surface area (Å²) in [6.45, 7) is 2.72. The molecule has 30 heavy (non-hydrogen) atoms. The molecular weight excluding hydrogens is 489 g/mol. The fourth-order valence-electron chi connectivity index (χ4n) is 2.26. The maximum atomic E-state index is 11.6. The van der Waals surface area contributed by atoms with Gasteiger partial charge in [0, 0.05) is 6.42 Å². The molecule has 0 saturated carbocycles. The number of rotatable bonds is 17. The number of carbonyl (C=O) groups excluding carboxylic acids is 2. The average molecular weight is 525 g/mol. The van der Waals surface area contributed by atoms with Crippen molar-refractivity contribution in [2.75, 3.05) is 13.2 Å². The molecule has 1 N–H and O–H groups in total. The summed E-state index contributed by atoms with van der Waals surface area (Å²) in [6, 6.07) is 0. The number of hydrogen-bond donors (Lipinski definition) is 1. The summed E-state index contributed by atoms with van der Waals surface area (Å²) in [5, 5.41) is 2.71. The van der Waals surface area contributed by atoms with Gasteiger partial charge in [-0.15, -0.1) is 0 Å². The minimum atomic E-state index is -0.361. The highest BCUT2D eigenvalue weighted by molar-refractivity contribution is 14.1. The number of allylic oxidation sites excluding steroid dienone is 12. The van der Waals surface area contributed by atoms with E-state index in [2.05, 4.69) is 79.1 Å². The first kappa shape index (κ1) is 28.1. The van der Waals surface area contributed by atoms with Gasteiger partial charge in [0.05, 0.1) is 29.1 Å². The van der Waals surface area contributed by atoms with Crippen LogP contribution in [0.4, 0.5) is 4.79 Å². The van der Waals surface area contributed by atoms with Crippen molar-refractivity contribution in [3.8, 4) is 0 Å². The lowest BCUT2D eigenvalue weighted by molar-refractivity contribution is -0.121. The Kier molecular flexibility index (Phi) is 21.9. The summed E-state index contributed by atoms with van der Waals surface area (Å²) in [7, 11) is 0. The maximum Gasteiger partial charge on any atom is 0.367 e. The summed E-state index contributed by atoms with van der Waals surface area (Å²) in [5.41, 5.74) is 0. The van der Waals surface area contributed by atoms with Gasteiger partial charge < -0.3 is 10.1 Å². The highest BCUT2D eigenvalue weighted by atomic mass is 127. The third-order valence-corrected chi connectivity index (χ3v) is 4.09. The second-order valence-electron chi connectivity index (χ2n) is 6.39. The van der Waals surface area contributed by atoms with Gasteiger partial charge in [-0.25, -0.2) is 4.79 Å². The van der Waals surface area contributed by atoms with E-state index in [1.807, 2.05) is 6.08 Å². The van der Waals surface area contributed by atoms with E-state index in [4.69, 9.17) is 4.74 Å². The fraction of sp³-hybridized carbons (Fsp3) is 0.440. The minimum absolute atomic E-state index is 0.0287. The molecule has 0 spiro atoms. The van der Waals surface area contributed by atoms with Gasteiger partial charge in [-0.3, -0.25) is 4.79 Å². The zero-order valence-electron chi connectivity index (χ0n) is 18.1. The van der Waals surface area contributed by atoms with Crippen molar-refractivity contribution in [1.29, 1.82) is 0 Å². The van der Waals surface area contributed by atoms with Crippen molar-refractivity contribution in [2.45, 2.75) is 58.3 Å². The van der Waals surface area contributed by atoms with Crippen molar-refractivity contribution in [3.63, 3.8) is 0 Å². The van der Waals surface area contributed by atoms with Gasteiger partial charge in [0.25, 0.3) is 0 Å². The normalized spacial score (nSPS) is 12.5. The highest BCUT2D eigenvalue weighted by Crippen LogP contribution is 1.98. The van der Waals surface area contributed by atoms with Crippen LogP contribution in [0.5, 0.6) is 0 Å². The van der Waals surface area contributed by atoms with Crippen molar-refractivity contribution >= 4 is 32.5 Å². The summed E-state index contributed by atoms with van der Waals surface area (Å²) >= 11 is 1.56. The van der Waals surface area contributed by atoms with Crippen LogP contribution in [-0.2, 0) is 9.53 Å². The summed E-state index contributed by atoms with van der Waals surface area (Å²) in [4.78, 5) is 22.1. The number of halogens is 1. The third-order valence-electron chi connectivity index (χ3n) is 3.77. The first-order chi connectivity index (χ1) is 14.7.